The van der Waals surface area contributed by atoms with E-state index in [4.69, 9.17) is 0 Å². The minimum Gasteiger partial charge on any atom is -0.351 e. The number of halogens is 1. The van der Waals surface area contributed by atoms with Crippen molar-refractivity contribution in [3.8, 4) is 0 Å². The number of aromatic nitrogens is 3. The SMILES string of the molecule is CN(C)S(=O)(=O)c1ccc(N(C(=O)Cn2nnc3ccccc32)[C@@H](C(=O)NC2CCCCC2)c2ccc(F)cc2)cc1. The molecule has 0 bridgehead atoms. The van der Waals surface area contributed by atoms with E-state index in [1.165, 1.54) is 72.2 Å². The summed E-state index contributed by atoms with van der Waals surface area (Å²) >= 11 is 0. The molecular weight excluding hydrogens is 559 g/mol. The van der Waals surface area contributed by atoms with Gasteiger partial charge in [0.1, 0.15) is 23.9 Å². The Kier molecular flexibility index (Phi) is 8.64. The van der Waals surface area contributed by atoms with Gasteiger partial charge in [-0.05, 0) is 66.9 Å². The van der Waals surface area contributed by atoms with Gasteiger partial charge >= 0.3 is 0 Å². The van der Waals surface area contributed by atoms with Crippen LogP contribution in [0.25, 0.3) is 11.0 Å². The predicted molar refractivity (Wildman–Crippen MR) is 156 cm³/mol. The first-order valence-corrected chi connectivity index (χ1v) is 15.3. The van der Waals surface area contributed by atoms with Gasteiger partial charge in [0, 0.05) is 25.8 Å². The van der Waals surface area contributed by atoms with E-state index in [9.17, 15) is 22.4 Å². The lowest BCUT2D eigenvalue weighted by atomic mass is 9.94. The van der Waals surface area contributed by atoms with Crippen molar-refractivity contribution < 1.29 is 22.4 Å². The Hall–Kier alpha value is -4.16. The largest absolute Gasteiger partial charge is 0.351 e. The molecule has 1 N–H and O–H groups in total. The molecular formula is C30H33FN6O4S. The van der Waals surface area contributed by atoms with Crippen LogP contribution in [-0.4, -0.2) is 59.7 Å². The summed E-state index contributed by atoms with van der Waals surface area (Å²) in [5.74, 6) is -1.37. The highest BCUT2D eigenvalue weighted by atomic mass is 32.2. The van der Waals surface area contributed by atoms with Gasteiger partial charge in [-0.15, -0.1) is 5.10 Å². The van der Waals surface area contributed by atoms with Crippen molar-refractivity contribution in [2.75, 3.05) is 19.0 Å². The van der Waals surface area contributed by atoms with Gasteiger partial charge in [0.25, 0.3) is 0 Å². The highest BCUT2D eigenvalue weighted by Gasteiger charge is 2.35. The first-order chi connectivity index (χ1) is 20.1. The number of amides is 2. The average Bonchev–Trinajstić information content (AvgIpc) is 3.39. The maximum Gasteiger partial charge on any atom is 0.249 e. The highest BCUT2D eigenvalue weighted by molar-refractivity contribution is 7.89. The molecule has 3 aromatic carbocycles. The molecule has 1 saturated carbocycles. The first kappa shape index (κ1) is 29.3. The van der Waals surface area contributed by atoms with Gasteiger partial charge in [0.15, 0.2) is 0 Å². The van der Waals surface area contributed by atoms with E-state index in [0.717, 1.165) is 36.4 Å². The molecule has 0 unspecified atom stereocenters. The van der Waals surface area contributed by atoms with Crippen LogP contribution in [0.4, 0.5) is 10.1 Å². The fraction of sp³-hybridized carbons (Fsp3) is 0.333. The minimum absolute atomic E-state index is 0.0379. The molecule has 220 valence electrons. The lowest BCUT2D eigenvalue weighted by molar-refractivity contribution is -0.127. The molecule has 0 spiro atoms. The van der Waals surface area contributed by atoms with Crippen LogP contribution in [0.2, 0.25) is 0 Å². The van der Waals surface area contributed by atoms with Crippen molar-refractivity contribution in [3.63, 3.8) is 0 Å². The second-order valence-corrected chi connectivity index (χ2v) is 12.7. The predicted octanol–water partition coefficient (Wildman–Crippen LogP) is 4.04. The quantitative estimate of drug-likeness (QED) is 0.314. The number of benzene rings is 3. The van der Waals surface area contributed by atoms with Crippen LogP contribution in [0.5, 0.6) is 0 Å². The summed E-state index contributed by atoms with van der Waals surface area (Å²) in [6, 6.07) is 17.3. The topological polar surface area (TPSA) is 118 Å². The van der Waals surface area contributed by atoms with Crippen molar-refractivity contribution in [2.45, 2.75) is 55.6 Å². The van der Waals surface area contributed by atoms with E-state index in [1.807, 2.05) is 12.1 Å². The molecule has 1 fully saturated rings. The third kappa shape index (κ3) is 6.19. The Bertz CT molecular complexity index is 1670. The fourth-order valence-corrected chi connectivity index (χ4v) is 6.16. The first-order valence-electron chi connectivity index (χ1n) is 13.8. The maximum absolute atomic E-state index is 14.2. The number of carbonyl (C=O) groups is 2. The Morgan fingerprint density at radius 1 is 0.976 bits per heavy atom. The van der Waals surface area contributed by atoms with Gasteiger partial charge in [-0.2, -0.15) is 0 Å². The molecule has 1 aromatic heterocycles. The maximum atomic E-state index is 14.2. The van der Waals surface area contributed by atoms with Gasteiger partial charge in [-0.3, -0.25) is 14.5 Å². The van der Waals surface area contributed by atoms with E-state index in [1.54, 1.807) is 12.1 Å². The molecule has 1 atom stereocenters. The number of nitrogens with one attached hydrogen (secondary N) is 1. The van der Waals surface area contributed by atoms with Crippen LogP contribution in [-0.2, 0) is 26.2 Å². The Morgan fingerprint density at radius 3 is 2.31 bits per heavy atom. The molecule has 1 aliphatic rings. The number of sulfonamides is 1. The molecule has 12 heteroatoms. The van der Waals surface area contributed by atoms with E-state index < -0.39 is 33.7 Å². The van der Waals surface area contributed by atoms with Gasteiger partial charge in [-0.1, -0.05) is 48.7 Å². The van der Waals surface area contributed by atoms with Crippen molar-refractivity contribution in [1.82, 2.24) is 24.6 Å². The number of hydrogen-bond donors (Lipinski definition) is 1. The van der Waals surface area contributed by atoms with Crippen LogP contribution in [0, 0.1) is 5.82 Å². The second-order valence-electron chi connectivity index (χ2n) is 10.6. The monoisotopic (exact) mass is 592 g/mol. The Balaban J connectivity index is 1.59. The number of anilines is 1. The van der Waals surface area contributed by atoms with Crippen LogP contribution in [0.3, 0.4) is 0 Å². The molecule has 1 heterocycles. The number of hydrogen-bond acceptors (Lipinski definition) is 6. The fourth-order valence-electron chi connectivity index (χ4n) is 5.25. The molecule has 4 aromatic rings. The minimum atomic E-state index is -3.73. The van der Waals surface area contributed by atoms with Gasteiger partial charge in [-0.25, -0.2) is 21.8 Å². The van der Waals surface area contributed by atoms with E-state index >= 15 is 0 Å². The van der Waals surface area contributed by atoms with Crippen LogP contribution in [0.15, 0.2) is 77.7 Å². The zero-order valence-electron chi connectivity index (χ0n) is 23.5. The summed E-state index contributed by atoms with van der Waals surface area (Å²) in [5, 5.41) is 11.4. The van der Waals surface area contributed by atoms with Crippen molar-refractivity contribution in [3.05, 3.63) is 84.2 Å². The zero-order valence-corrected chi connectivity index (χ0v) is 24.3. The third-order valence-corrected chi connectivity index (χ3v) is 9.34. The van der Waals surface area contributed by atoms with Crippen LogP contribution < -0.4 is 10.2 Å². The number of nitrogens with zero attached hydrogens (tertiary/aromatic N) is 5. The van der Waals surface area contributed by atoms with Gasteiger partial charge < -0.3 is 5.32 Å². The summed E-state index contributed by atoms with van der Waals surface area (Å²) in [7, 11) is -0.867. The smallest absolute Gasteiger partial charge is 0.249 e. The van der Waals surface area contributed by atoms with Crippen LogP contribution >= 0.6 is 0 Å². The van der Waals surface area contributed by atoms with E-state index in [0.29, 0.717) is 22.3 Å². The normalized spacial score (nSPS) is 15.0. The number of para-hydroxylation sites is 1. The molecule has 5 rings (SSSR count). The van der Waals surface area contributed by atoms with Gasteiger partial charge in [0.05, 0.1) is 10.4 Å². The molecule has 0 saturated heterocycles. The van der Waals surface area contributed by atoms with Crippen molar-refractivity contribution in [1.29, 1.82) is 0 Å². The van der Waals surface area contributed by atoms with E-state index in [2.05, 4.69) is 15.6 Å². The molecule has 0 aliphatic heterocycles. The lowest BCUT2D eigenvalue weighted by Crippen LogP contribution is -2.48. The second kappa shape index (κ2) is 12.4. The number of rotatable bonds is 9. The summed E-state index contributed by atoms with van der Waals surface area (Å²) in [6.45, 7) is -0.243. The summed E-state index contributed by atoms with van der Waals surface area (Å²) in [4.78, 5) is 29.6. The molecule has 0 radical (unpaired) electrons. The summed E-state index contributed by atoms with van der Waals surface area (Å²) in [6.07, 6.45) is 4.76. The summed E-state index contributed by atoms with van der Waals surface area (Å²) in [5.41, 5.74) is 1.96. The average molecular weight is 593 g/mol. The van der Waals surface area contributed by atoms with Crippen molar-refractivity contribution in [2.24, 2.45) is 0 Å². The number of fused-ring (bicyclic) bond motifs is 1. The lowest BCUT2D eigenvalue weighted by Gasteiger charge is -2.33. The van der Waals surface area contributed by atoms with Crippen LogP contribution in [0.1, 0.15) is 43.7 Å². The Morgan fingerprint density at radius 2 is 1.64 bits per heavy atom. The third-order valence-electron chi connectivity index (χ3n) is 7.51. The summed E-state index contributed by atoms with van der Waals surface area (Å²) < 4.78 is 42.0. The van der Waals surface area contributed by atoms with E-state index in [-0.39, 0.29) is 17.5 Å². The highest BCUT2D eigenvalue weighted by Crippen LogP contribution is 2.31. The number of carbonyl (C=O) groups excluding carboxylic acids is 2. The van der Waals surface area contributed by atoms with Gasteiger partial charge in [0.2, 0.25) is 21.8 Å². The van der Waals surface area contributed by atoms with Crippen molar-refractivity contribution >= 4 is 38.6 Å². The Labute approximate surface area is 244 Å². The molecule has 10 nitrogen and oxygen atoms in total. The molecule has 42 heavy (non-hydrogen) atoms. The zero-order chi connectivity index (χ0) is 29.9. The molecule has 1 aliphatic carbocycles. The molecule has 2 amide bonds. The standard InChI is InChI=1S/C30H33FN6O4S/c1-35(2)42(40,41)25-18-16-24(17-19-25)37(28(38)20-36-27-11-7-6-10-26(27)33-34-36)29(21-12-14-22(31)15-13-21)30(39)32-23-8-4-3-5-9-23/h6-7,10-19,23,29H,3-5,8-9,20H2,1-2H3,(H,32,39)/t29-/m1/s1.